The number of ether oxygens (including phenoxy) is 1. The van der Waals surface area contributed by atoms with Crippen molar-refractivity contribution in [1.82, 2.24) is 5.32 Å². The molecule has 5 heteroatoms. The summed E-state index contributed by atoms with van der Waals surface area (Å²) < 4.78 is 4.65. The SMILES string of the molecule is CCOC(=O)C=C(CC)NC(N)=O. The Labute approximate surface area is 76.9 Å². The first-order valence-electron chi connectivity index (χ1n) is 4.03. The van der Waals surface area contributed by atoms with Crippen molar-refractivity contribution in [3.05, 3.63) is 11.8 Å². The van der Waals surface area contributed by atoms with Crippen LogP contribution in [0.3, 0.4) is 0 Å². The minimum atomic E-state index is -0.683. The average molecular weight is 186 g/mol. The molecule has 0 aliphatic rings. The number of hydrogen-bond donors (Lipinski definition) is 2. The molecule has 0 saturated heterocycles. The van der Waals surface area contributed by atoms with Crippen LogP contribution in [-0.4, -0.2) is 18.6 Å². The van der Waals surface area contributed by atoms with Gasteiger partial charge >= 0.3 is 12.0 Å². The van der Waals surface area contributed by atoms with Crippen LogP contribution in [0.25, 0.3) is 0 Å². The lowest BCUT2D eigenvalue weighted by Gasteiger charge is -2.03. The van der Waals surface area contributed by atoms with Crippen LogP contribution in [0.1, 0.15) is 20.3 Å². The van der Waals surface area contributed by atoms with E-state index < -0.39 is 12.0 Å². The molecule has 0 aliphatic carbocycles. The Kier molecular flexibility index (Phi) is 5.34. The van der Waals surface area contributed by atoms with Crippen molar-refractivity contribution in [3.8, 4) is 0 Å². The third-order valence-corrected chi connectivity index (χ3v) is 1.24. The summed E-state index contributed by atoms with van der Waals surface area (Å²) in [5, 5.41) is 2.32. The number of urea groups is 1. The molecule has 0 aromatic rings. The Hall–Kier alpha value is -1.52. The molecule has 3 N–H and O–H groups in total. The Morgan fingerprint density at radius 2 is 2.08 bits per heavy atom. The smallest absolute Gasteiger partial charge is 0.332 e. The molecule has 0 rings (SSSR count). The molecule has 0 radical (unpaired) electrons. The van der Waals surface area contributed by atoms with Gasteiger partial charge < -0.3 is 15.8 Å². The van der Waals surface area contributed by atoms with Crippen LogP contribution in [0, 0.1) is 0 Å². The number of nitrogens with two attached hydrogens (primary N) is 1. The molecule has 0 unspecified atom stereocenters. The van der Waals surface area contributed by atoms with Gasteiger partial charge in [-0.15, -0.1) is 0 Å². The third-order valence-electron chi connectivity index (χ3n) is 1.24. The molecule has 0 fully saturated rings. The largest absolute Gasteiger partial charge is 0.463 e. The van der Waals surface area contributed by atoms with Gasteiger partial charge in [0.25, 0.3) is 0 Å². The molecule has 2 amide bonds. The summed E-state index contributed by atoms with van der Waals surface area (Å²) in [5.74, 6) is -0.479. The van der Waals surface area contributed by atoms with E-state index in [4.69, 9.17) is 5.73 Å². The van der Waals surface area contributed by atoms with E-state index in [1.807, 2.05) is 0 Å². The lowest BCUT2D eigenvalue weighted by atomic mass is 10.3. The van der Waals surface area contributed by atoms with Crippen molar-refractivity contribution in [2.45, 2.75) is 20.3 Å². The van der Waals surface area contributed by atoms with Crippen LogP contribution in [0.5, 0.6) is 0 Å². The van der Waals surface area contributed by atoms with E-state index in [0.29, 0.717) is 18.7 Å². The summed E-state index contributed by atoms with van der Waals surface area (Å²) in [7, 11) is 0. The van der Waals surface area contributed by atoms with Gasteiger partial charge in [-0.2, -0.15) is 0 Å². The number of rotatable bonds is 4. The Morgan fingerprint density at radius 1 is 1.46 bits per heavy atom. The molecule has 74 valence electrons. The fraction of sp³-hybridized carbons (Fsp3) is 0.500. The highest BCUT2D eigenvalue weighted by Gasteiger charge is 2.01. The molecule has 0 heterocycles. The molecule has 0 aromatic carbocycles. The van der Waals surface area contributed by atoms with Crippen molar-refractivity contribution in [3.63, 3.8) is 0 Å². The highest BCUT2D eigenvalue weighted by atomic mass is 16.5. The number of nitrogens with one attached hydrogen (secondary N) is 1. The molecule has 5 nitrogen and oxygen atoms in total. The van der Waals surface area contributed by atoms with Gasteiger partial charge in [0.1, 0.15) is 0 Å². The second kappa shape index (κ2) is 6.05. The fourth-order valence-electron chi connectivity index (χ4n) is 0.711. The minimum Gasteiger partial charge on any atom is -0.463 e. The third kappa shape index (κ3) is 5.72. The zero-order valence-electron chi connectivity index (χ0n) is 7.79. The molecule has 0 atom stereocenters. The zero-order valence-corrected chi connectivity index (χ0v) is 7.79. The molecule has 0 aliphatic heterocycles. The molecule has 0 saturated carbocycles. The normalized spacial score (nSPS) is 10.8. The number of amides is 2. The topological polar surface area (TPSA) is 81.4 Å². The number of primary amides is 1. The van der Waals surface area contributed by atoms with Crippen molar-refractivity contribution < 1.29 is 14.3 Å². The standard InChI is InChI=1S/C8H14N2O3/c1-3-6(10-8(9)12)5-7(11)13-4-2/h5H,3-4H2,1-2H3,(H3,9,10,12). The Bertz CT molecular complexity index is 223. The Morgan fingerprint density at radius 3 is 2.46 bits per heavy atom. The lowest BCUT2D eigenvalue weighted by molar-refractivity contribution is -0.137. The minimum absolute atomic E-state index is 0.308. The first kappa shape index (κ1) is 11.5. The maximum atomic E-state index is 10.9. The summed E-state index contributed by atoms with van der Waals surface area (Å²) in [6, 6.07) is -0.683. The van der Waals surface area contributed by atoms with Crippen molar-refractivity contribution in [2.75, 3.05) is 6.61 Å². The van der Waals surface area contributed by atoms with Crippen molar-refractivity contribution in [1.29, 1.82) is 0 Å². The van der Waals surface area contributed by atoms with Crippen LogP contribution in [0.15, 0.2) is 11.8 Å². The molecule has 0 aromatic heterocycles. The van der Waals surface area contributed by atoms with E-state index in [9.17, 15) is 9.59 Å². The van der Waals surface area contributed by atoms with Gasteiger partial charge in [-0.25, -0.2) is 9.59 Å². The monoisotopic (exact) mass is 186 g/mol. The van der Waals surface area contributed by atoms with Crippen molar-refractivity contribution in [2.24, 2.45) is 5.73 Å². The van der Waals surface area contributed by atoms with Gasteiger partial charge in [-0.1, -0.05) is 6.92 Å². The predicted molar refractivity (Wildman–Crippen MR) is 47.7 cm³/mol. The summed E-state index contributed by atoms with van der Waals surface area (Å²) in [4.78, 5) is 21.3. The van der Waals surface area contributed by atoms with E-state index in [0.717, 1.165) is 0 Å². The number of esters is 1. The maximum Gasteiger partial charge on any atom is 0.332 e. The predicted octanol–water partition coefficient (Wildman–Crippen LogP) is 0.512. The molecular weight excluding hydrogens is 172 g/mol. The summed E-state index contributed by atoms with van der Waals surface area (Å²) in [6.07, 6.45) is 1.73. The van der Waals surface area contributed by atoms with Crippen LogP contribution in [0.2, 0.25) is 0 Å². The number of allylic oxidation sites excluding steroid dienone is 1. The zero-order chi connectivity index (χ0) is 10.3. The highest BCUT2D eigenvalue weighted by Crippen LogP contribution is 1.95. The van der Waals surface area contributed by atoms with Gasteiger partial charge in [-0.3, -0.25) is 0 Å². The van der Waals surface area contributed by atoms with E-state index in [2.05, 4.69) is 10.1 Å². The van der Waals surface area contributed by atoms with Gasteiger partial charge in [0.2, 0.25) is 0 Å². The number of carbonyl (C=O) groups excluding carboxylic acids is 2. The van der Waals surface area contributed by atoms with Crippen LogP contribution < -0.4 is 11.1 Å². The second-order valence-electron chi connectivity index (χ2n) is 2.26. The quantitative estimate of drug-likeness (QED) is 0.495. The number of carbonyl (C=O) groups is 2. The summed E-state index contributed by atoms with van der Waals surface area (Å²) >= 11 is 0. The number of hydrogen-bond acceptors (Lipinski definition) is 3. The van der Waals surface area contributed by atoms with E-state index >= 15 is 0 Å². The summed E-state index contributed by atoms with van der Waals surface area (Å²) in [6.45, 7) is 3.81. The van der Waals surface area contributed by atoms with Crippen molar-refractivity contribution >= 4 is 12.0 Å². The summed E-state index contributed by atoms with van der Waals surface area (Å²) in [5.41, 5.74) is 5.33. The second-order valence-corrected chi connectivity index (χ2v) is 2.26. The van der Waals surface area contributed by atoms with E-state index in [-0.39, 0.29) is 0 Å². The van der Waals surface area contributed by atoms with E-state index in [1.54, 1.807) is 13.8 Å². The van der Waals surface area contributed by atoms with E-state index in [1.165, 1.54) is 6.08 Å². The fourth-order valence-corrected chi connectivity index (χ4v) is 0.711. The first-order valence-corrected chi connectivity index (χ1v) is 4.03. The maximum absolute atomic E-state index is 10.9. The first-order chi connectivity index (χ1) is 6.10. The highest BCUT2D eigenvalue weighted by molar-refractivity contribution is 5.84. The molecule has 13 heavy (non-hydrogen) atoms. The lowest BCUT2D eigenvalue weighted by Crippen LogP contribution is -2.29. The van der Waals surface area contributed by atoms with Gasteiger partial charge in [0.15, 0.2) is 0 Å². The molecular formula is C8H14N2O3. The van der Waals surface area contributed by atoms with Crippen LogP contribution in [0.4, 0.5) is 4.79 Å². The van der Waals surface area contributed by atoms with Gasteiger partial charge in [0, 0.05) is 11.8 Å². The van der Waals surface area contributed by atoms with Crippen LogP contribution >= 0.6 is 0 Å². The molecule has 0 spiro atoms. The van der Waals surface area contributed by atoms with Gasteiger partial charge in [0.05, 0.1) is 6.61 Å². The average Bonchev–Trinajstić information content (AvgIpc) is 2.02. The van der Waals surface area contributed by atoms with Gasteiger partial charge in [-0.05, 0) is 13.3 Å². The van der Waals surface area contributed by atoms with Crippen LogP contribution in [-0.2, 0) is 9.53 Å². The Balaban J connectivity index is 4.20. The molecule has 0 bridgehead atoms.